The molecular weight excluding hydrogens is 228 g/mol. The Morgan fingerprint density at radius 2 is 1.83 bits per heavy atom. The number of aliphatic hydroxyl groups excluding tert-OH is 1. The number of carbonyl (C=O) groups is 1. The van der Waals surface area contributed by atoms with Crippen molar-refractivity contribution in [3.05, 3.63) is 0 Å². The third kappa shape index (κ3) is 3.98. The first-order chi connectivity index (χ1) is 8.47. The maximum absolute atomic E-state index is 12.0. The van der Waals surface area contributed by atoms with Gasteiger partial charge >= 0.3 is 5.97 Å². The number of hydrogen-bond donors (Lipinski definition) is 1. The van der Waals surface area contributed by atoms with Gasteiger partial charge in [-0.15, -0.1) is 0 Å². The van der Waals surface area contributed by atoms with Crippen LogP contribution >= 0.6 is 0 Å². The summed E-state index contributed by atoms with van der Waals surface area (Å²) in [4.78, 5) is 12.0. The molecule has 1 saturated carbocycles. The van der Waals surface area contributed by atoms with E-state index in [1.54, 1.807) is 0 Å². The van der Waals surface area contributed by atoms with Crippen LogP contribution in [0.15, 0.2) is 0 Å². The smallest absolute Gasteiger partial charge is 0.311 e. The Morgan fingerprint density at radius 1 is 1.28 bits per heavy atom. The summed E-state index contributed by atoms with van der Waals surface area (Å²) in [6.45, 7) is 8.42. The number of hydrogen-bond acceptors (Lipinski definition) is 3. The van der Waals surface area contributed by atoms with Crippen LogP contribution in [0.1, 0.15) is 53.4 Å². The van der Waals surface area contributed by atoms with E-state index in [0.29, 0.717) is 6.61 Å². The van der Waals surface area contributed by atoms with Gasteiger partial charge in [0.15, 0.2) is 0 Å². The summed E-state index contributed by atoms with van der Waals surface area (Å²) in [5, 5.41) is 10.5. The molecular formula is C15H28O3. The van der Waals surface area contributed by atoms with Crippen molar-refractivity contribution in [3.63, 3.8) is 0 Å². The largest absolute Gasteiger partial charge is 0.466 e. The summed E-state index contributed by atoms with van der Waals surface area (Å²) >= 11 is 0. The fourth-order valence-corrected chi connectivity index (χ4v) is 2.97. The summed E-state index contributed by atoms with van der Waals surface area (Å²) in [5.74, 6) is 0.534. The predicted molar refractivity (Wildman–Crippen MR) is 72.1 cm³/mol. The van der Waals surface area contributed by atoms with E-state index in [2.05, 4.69) is 6.92 Å². The molecule has 0 bridgehead atoms. The van der Waals surface area contributed by atoms with Crippen molar-refractivity contribution in [3.8, 4) is 0 Å². The highest BCUT2D eigenvalue weighted by Gasteiger charge is 2.37. The van der Waals surface area contributed by atoms with Crippen molar-refractivity contribution in [2.75, 3.05) is 6.61 Å². The number of rotatable bonds is 5. The van der Waals surface area contributed by atoms with E-state index in [4.69, 9.17) is 4.74 Å². The van der Waals surface area contributed by atoms with E-state index in [9.17, 15) is 9.90 Å². The SMILES string of the molecule is CCOC(=O)C(C(C)C)C(O)C1CCC(C)CC1. The van der Waals surface area contributed by atoms with Gasteiger partial charge in [0.2, 0.25) is 0 Å². The second kappa shape index (κ2) is 7.13. The minimum Gasteiger partial charge on any atom is -0.466 e. The zero-order chi connectivity index (χ0) is 13.7. The van der Waals surface area contributed by atoms with E-state index < -0.39 is 6.10 Å². The van der Waals surface area contributed by atoms with Crippen molar-refractivity contribution in [1.82, 2.24) is 0 Å². The Morgan fingerprint density at radius 3 is 2.28 bits per heavy atom. The molecule has 2 atom stereocenters. The minimum atomic E-state index is -0.545. The van der Waals surface area contributed by atoms with Crippen molar-refractivity contribution in [2.45, 2.75) is 59.5 Å². The molecule has 0 aromatic rings. The highest BCUT2D eigenvalue weighted by Crippen LogP contribution is 2.34. The van der Waals surface area contributed by atoms with Gasteiger partial charge in [0.1, 0.15) is 0 Å². The average molecular weight is 256 g/mol. The first kappa shape index (κ1) is 15.5. The molecule has 0 amide bonds. The Bertz CT molecular complexity index is 254. The molecule has 0 radical (unpaired) electrons. The zero-order valence-corrected chi connectivity index (χ0v) is 12.2. The van der Waals surface area contributed by atoms with Gasteiger partial charge in [-0.05, 0) is 37.5 Å². The molecule has 3 heteroatoms. The molecule has 0 spiro atoms. The molecule has 0 aliphatic heterocycles. The molecule has 1 aliphatic carbocycles. The van der Waals surface area contributed by atoms with Gasteiger partial charge < -0.3 is 9.84 Å². The lowest BCUT2D eigenvalue weighted by Crippen LogP contribution is -2.40. The molecule has 1 rings (SSSR count). The van der Waals surface area contributed by atoms with Gasteiger partial charge in [0, 0.05) is 0 Å². The van der Waals surface area contributed by atoms with E-state index in [1.165, 1.54) is 0 Å². The van der Waals surface area contributed by atoms with E-state index in [0.717, 1.165) is 31.6 Å². The van der Waals surface area contributed by atoms with E-state index in [1.807, 2.05) is 20.8 Å². The number of esters is 1. The van der Waals surface area contributed by atoms with Gasteiger partial charge in [-0.3, -0.25) is 4.79 Å². The monoisotopic (exact) mass is 256 g/mol. The van der Waals surface area contributed by atoms with Crippen molar-refractivity contribution in [1.29, 1.82) is 0 Å². The second-order valence-corrected chi connectivity index (χ2v) is 6.03. The molecule has 1 N–H and O–H groups in total. The predicted octanol–water partition coefficient (Wildman–Crippen LogP) is 3.01. The first-order valence-electron chi connectivity index (χ1n) is 7.32. The van der Waals surface area contributed by atoms with Gasteiger partial charge in [0.25, 0.3) is 0 Å². The Balaban J connectivity index is 2.64. The van der Waals surface area contributed by atoms with Crippen LogP contribution in [0.25, 0.3) is 0 Å². The molecule has 0 aromatic carbocycles. The molecule has 0 aromatic heterocycles. The molecule has 1 fully saturated rings. The fraction of sp³-hybridized carbons (Fsp3) is 0.933. The summed E-state index contributed by atoms with van der Waals surface area (Å²) in [5.41, 5.74) is 0. The van der Waals surface area contributed by atoms with Crippen LogP contribution in [-0.2, 0) is 9.53 Å². The van der Waals surface area contributed by atoms with Gasteiger partial charge in [-0.25, -0.2) is 0 Å². The second-order valence-electron chi connectivity index (χ2n) is 6.03. The topological polar surface area (TPSA) is 46.5 Å². The number of carbonyl (C=O) groups excluding carboxylic acids is 1. The van der Waals surface area contributed by atoms with E-state index >= 15 is 0 Å². The van der Waals surface area contributed by atoms with Crippen LogP contribution in [0, 0.1) is 23.7 Å². The quantitative estimate of drug-likeness (QED) is 0.769. The number of aliphatic hydroxyl groups is 1. The molecule has 1 aliphatic rings. The molecule has 2 unspecified atom stereocenters. The minimum absolute atomic E-state index is 0.124. The fourth-order valence-electron chi connectivity index (χ4n) is 2.97. The Hall–Kier alpha value is -0.570. The van der Waals surface area contributed by atoms with Gasteiger partial charge in [-0.2, -0.15) is 0 Å². The average Bonchev–Trinajstić information content (AvgIpc) is 2.29. The van der Waals surface area contributed by atoms with Crippen LogP contribution in [-0.4, -0.2) is 23.8 Å². The highest BCUT2D eigenvalue weighted by molar-refractivity contribution is 5.73. The third-order valence-electron chi connectivity index (χ3n) is 4.19. The maximum atomic E-state index is 12.0. The van der Waals surface area contributed by atoms with Gasteiger partial charge in [0.05, 0.1) is 18.6 Å². The third-order valence-corrected chi connectivity index (χ3v) is 4.19. The Labute approximate surface area is 111 Å². The molecule has 0 heterocycles. The standard InChI is InChI=1S/C15H28O3/c1-5-18-15(17)13(10(2)3)14(16)12-8-6-11(4)7-9-12/h10-14,16H,5-9H2,1-4H3. The summed E-state index contributed by atoms with van der Waals surface area (Å²) in [7, 11) is 0. The first-order valence-corrected chi connectivity index (χ1v) is 7.32. The van der Waals surface area contributed by atoms with Gasteiger partial charge in [-0.1, -0.05) is 33.6 Å². The normalized spacial score (nSPS) is 27.9. The van der Waals surface area contributed by atoms with Crippen molar-refractivity contribution < 1.29 is 14.6 Å². The lowest BCUT2D eigenvalue weighted by Gasteiger charge is -2.34. The van der Waals surface area contributed by atoms with Crippen molar-refractivity contribution in [2.24, 2.45) is 23.7 Å². The lowest BCUT2D eigenvalue weighted by atomic mass is 9.74. The van der Waals surface area contributed by atoms with Crippen molar-refractivity contribution >= 4 is 5.97 Å². The molecule has 106 valence electrons. The summed E-state index contributed by atoms with van der Waals surface area (Å²) in [6, 6.07) is 0. The lowest BCUT2D eigenvalue weighted by molar-refractivity contribution is -0.156. The zero-order valence-electron chi connectivity index (χ0n) is 12.2. The van der Waals surface area contributed by atoms with Crippen LogP contribution in [0.2, 0.25) is 0 Å². The number of ether oxygens (including phenoxy) is 1. The van der Waals surface area contributed by atoms with E-state index in [-0.39, 0.29) is 23.7 Å². The highest BCUT2D eigenvalue weighted by atomic mass is 16.5. The summed E-state index contributed by atoms with van der Waals surface area (Å²) < 4.78 is 5.10. The molecule has 18 heavy (non-hydrogen) atoms. The molecule has 0 saturated heterocycles. The van der Waals surface area contributed by atoms with Crippen LogP contribution in [0.4, 0.5) is 0 Å². The van der Waals surface area contributed by atoms with Crippen LogP contribution < -0.4 is 0 Å². The van der Waals surface area contributed by atoms with Crippen LogP contribution in [0.5, 0.6) is 0 Å². The maximum Gasteiger partial charge on any atom is 0.311 e. The summed E-state index contributed by atoms with van der Waals surface area (Å²) in [6.07, 6.45) is 3.84. The van der Waals surface area contributed by atoms with Crippen LogP contribution in [0.3, 0.4) is 0 Å². The molecule has 3 nitrogen and oxygen atoms in total. The Kier molecular flexibility index (Phi) is 6.13.